The standard InChI is InChI=1S/C20H22N6O5S2.Na.H/c27-13(8-32-14-6-22-25-24-14)23-15-18(29)26-16(20(30)31)12(7-33-19(15)26)11(5-9-1-2-9)10-3-4-21-17(10)28;;/h6,9,15,19H,1-5,7-8H2,(H,21,28)(H,23,27)(H,30,31)(H,22,24,25);;/q;+1;-1/t15-,19-;;/m1../s1. The molecule has 11 nitrogen and oxygen atoms in total. The molecule has 0 spiro atoms. The second kappa shape index (κ2) is 10.4. The molecule has 3 amide bonds. The van der Waals surface area contributed by atoms with Crippen molar-refractivity contribution in [3.05, 3.63) is 28.6 Å². The van der Waals surface area contributed by atoms with Gasteiger partial charge in [0.1, 0.15) is 22.1 Å². The van der Waals surface area contributed by atoms with Crippen molar-refractivity contribution in [2.24, 2.45) is 5.92 Å². The van der Waals surface area contributed by atoms with Crippen molar-refractivity contribution in [1.82, 2.24) is 30.9 Å². The number of carboxylic acid groups (broad SMARTS) is 1. The minimum Gasteiger partial charge on any atom is -1.00 e. The minimum absolute atomic E-state index is 0. The molecule has 1 aromatic rings. The first kappa shape index (κ1) is 25.3. The van der Waals surface area contributed by atoms with E-state index >= 15 is 0 Å². The summed E-state index contributed by atoms with van der Waals surface area (Å²) in [5, 5.41) is 25.6. The number of aliphatic carboxylic acids is 1. The molecule has 1 aliphatic carbocycles. The number of β-lactam (4-membered cyclic amide) rings is 1. The number of aromatic amines is 1. The third-order valence-corrected chi connectivity index (χ3v) is 8.26. The number of H-pyrrole nitrogens is 1. The van der Waals surface area contributed by atoms with E-state index in [1.807, 2.05) is 0 Å². The molecule has 0 unspecified atom stereocenters. The van der Waals surface area contributed by atoms with Crippen LogP contribution >= 0.6 is 23.5 Å². The Hall–Kier alpha value is -1.80. The van der Waals surface area contributed by atoms with Gasteiger partial charge in [-0.15, -0.1) is 16.9 Å². The molecule has 0 radical (unpaired) electrons. The maximum atomic E-state index is 12.9. The van der Waals surface area contributed by atoms with Gasteiger partial charge < -0.3 is 17.2 Å². The largest absolute Gasteiger partial charge is 1.00 e. The summed E-state index contributed by atoms with van der Waals surface area (Å²) in [6, 6.07) is -0.786. The number of thioether (sulfide) groups is 2. The Morgan fingerprint density at radius 3 is 2.76 bits per heavy atom. The number of nitrogens with zero attached hydrogens (tertiary/aromatic N) is 3. The number of hydrogen-bond donors (Lipinski definition) is 4. The first-order valence-electron chi connectivity index (χ1n) is 10.6. The average Bonchev–Trinajstić information content (AvgIpc) is 3.27. The topological polar surface area (TPSA) is 157 Å². The van der Waals surface area contributed by atoms with Gasteiger partial charge in [-0.25, -0.2) is 4.79 Å². The van der Waals surface area contributed by atoms with Crippen LogP contribution < -0.4 is 40.2 Å². The third kappa shape index (κ3) is 4.94. The van der Waals surface area contributed by atoms with Crippen molar-refractivity contribution < 1.29 is 55.3 Å². The molecule has 34 heavy (non-hydrogen) atoms. The number of rotatable bonds is 8. The zero-order chi connectivity index (χ0) is 23.1. The first-order chi connectivity index (χ1) is 15.9. The fraction of sp³-hybridized carbons (Fsp3) is 0.500. The van der Waals surface area contributed by atoms with E-state index in [1.54, 1.807) is 0 Å². The van der Waals surface area contributed by atoms with Gasteiger partial charge in [0, 0.05) is 17.9 Å². The molecule has 5 rings (SSSR count). The van der Waals surface area contributed by atoms with Crippen molar-refractivity contribution in [2.45, 2.75) is 42.1 Å². The quantitative estimate of drug-likeness (QED) is 0.126. The molecule has 1 aromatic heterocycles. The fourth-order valence-electron chi connectivity index (χ4n) is 4.31. The predicted molar refractivity (Wildman–Crippen MR) is 120 cm³/mol. The van der Waals surface area contributed by atoms with Gasteiger partial charge in [0.25, 0.3) is 5.91 Å². The van der Waals surface area contributed by atoms with Crippen LogP contribution in [0.4, 0.5) is 0 Å². The van der Waals surface area contributed by atoms with E-state index in [0.717, 1.165) is 18.4 Å². The average molecular weight is 515 g/mol. The summed E-state index contributed by atoms with van der Waals surface area (Å²) < 4.78 is 0. The van der Waals surface area contributed by atoms with Crippen molar-refractivity contribution in [3.63, 3.8) is 0 Å². The number of nitrogens with one attached hydrogen (secondary N) is 3. The molecule has 4 N–H and O–H groups in total. The Labute approximate surface area is 227 Å². The number of carboxylic acids is 1. The van der Waals surface area contributed by atoms with E-state index in [9.17, 15) is 24.3 Å². The zero-order valence-corrected chi connectivity index (χ0v) is 22.1. The van der Waals surface area contributed by atoms with Gasteiger partial charge in [-0.1, -0.05) is 11.8 Å². The molecule has 1 saturated carbocycles. The van der Waals surface area contributed by atoms with Crippen LogP contribution in [0.1, 0.15) is 27.1 Å². The number of allylic oxidation sites excluding steroid dienone is 1. The second-order valence-electron chi connectivity index (χ2n) is 8.29. The number of aromatic nitrogens is 3. The molecule has 176 valence electrons. The van der Waals surface area contributed by atoms with Crippen LogP contribution in [0.15, 0.2) is 33.6 Å². The Balaban J connectivity index is 0.00000171. The molecule has 0 bridgehead atoms. The molecule has 2 saturated heterocycles. The van der Waals surface area contributed by atoms with Crippen LogP contribution in [-0.4, -0.2) is 78.6 Å². The van der Waals surface area contributed by atoms with E-state index in [2.05, 4.69) is 26.0 Å². The minimum atomic E-state index is -1.19. The summed E-state index contributed by atoms with van der Waals surface area (Å²) in [4.78, 5) is 51.2. The molecule has 3 aliphatic heterocycles. The van der Waals surface area contributed by atoms with E-state index in [4.69, 9.17) is 0 Å². The Kier molecular flexibility index (Phi) is 7.77. The molecule has 2 atom stereocenters. The van der Waals surface area contributed by atoms with Crippen LogP contribution in [0.2, 0.25) is 0 Å². The van der Waals surface area contributed by atoms with Gasteiger partial charge in [0.2, 0.25) is 11.8 Å². The number of carbonyl (C=O) groups is 4. The summed E-state index contributed by atoms with van der Waals surface area (Å²) in [5.41, 5.74) is 1.91. The van der Waals surface area contributed by atoms with Gasteiger partial charge in [-0.3, -0.25) is 19.3 Å². The van der Waals surface area contributed by atoms with Crippen LogP contribution in [-0.2, 0) is 19.2 Å². The number of hydrogen-bond acceptors (Lipinski definition) is 8. The van der Waals surface area contributed by atoms with E-state index in [1.165, 1.54) is 34.6 Å². The molecule has 4 heterocycles. The van der Waals surface area contributed by atoms with Gasteiger partial charge in [0.05, 0.1) is 11.9 Å². The van der Waals surface area contributed by atoms with Crippen molar-refractivity contribution >= 4 is 47.2 Å². The molecular formula is C20H23N6NaO5S2. The molecule has 0 aromatic carbocycles. The summed E-state index contributed by atoms with van der Waals surface area (Å²) >= 11 is 2.60. The molecular weight excluding hydrogens is 491 g/mol. The van der Waals surface area contributed by atoms with Crippen LogP contribution in [0.25, 0.3) is 0 Å². The fourth-order valence-corrected chi connectivity index (χ4v) is 6.29. The second-order valence-corrected chi connectivity index (χ2v) is 10.4. The summed E-state index contributed by atoms with van der Waals surface area (Å²) in [5.74, 6) is -1.25. The van der Waals surface area contributed by atoms with Gasteiger partial charge in [-0.05, 0) is 42.7 Å². The van der Waals surface area contributed by atoms with Crippen LogP contribution in [0.3, 0.4) is 0 Å². The zero-order valence-electron chi connectivity index (χ0n) is 19.5. The Morgan fingerprint density at radius 1 is 1.35 bits per heavy atom. The first-order valence-corrected chi connectivity index (χ1v) is 12.7. The van der Waals surface area contributed by atoms with Crippen molar-refractivity contribution in [2.75, 3.05) is 18.1 Å². The monoisotopic (exact) mass is 514 g/mol. The smallest absolute Gasteiger partial charge is 1.00 e. The van der Waals surface area contributed by atoms with E-state index in [0.29, 0.717) is 47.2 Å². The maximum absolute atomic E-state index is 12.9. The van der Waals surface area contributed by atoms with Gasteiger partial charge in [0.15, 0.2) is 0 Å². The van der Waals surface area contributed by atoms with Gasteiger partial charge >= 0.3 is 35.5 Å². The number of amides is 3. The maximum Gasteiger partial charge on any atom is 1.00 e. The SMILES string of the molecule is O=C(CSc1cn[nH]n1)N[C@@H]1C(=O)N2C(C(=O)O)=C(C(CC3CC3)=C3CCNC3=O)CS[C@H]12.[H-].[Na+]. The number of carbonyl (C=O) groups excluding carboxylic acids is 3. The normalized spacial score (nSPS) is 25.2. The third-order valence-electron chi connectivity index (χ3n) is 6.08. The molecule has 4 aliphatic rings. The van der Waals surface area contributed by atoms with E-state index < -0.39 is 23.3 Å². The molecule has 14 heteroatoms. The van der Waals surface area contributed by atoms with Crippen molar-refractivity contribution in [3.8, 4) is 0 Å². The number of fused-ring (bicyclic) bond motifs is 1. The Bertz CT molecular complexity index is 1090. The predicted octanol–water partition coefficient (Wildman–Crippen LogP) is -2.63. The van der Waals surface area contributed by atoms with Crippen molar-refractivity contribution in [1.29, 1.82) is 0 Å². The van der Waals surface area contributed by atoms with E-state index in [-0.39, 0.29) is 54.2 Å². The van der Waals surface area contributed by atoms with Crippen LogP contribution in [0, 0.1) is 5.92 Å². The summed E-state index contributed by atoms with van der Waals surface area (Å²) in [6.45, 7) is 0.539. The molecule has 3 fully saturated rings. The summed E-state index contributed by atoms with van der Waals surface area (Å²) in [6.07, 6.45) is 4.83. The summed E-state index contributed by atoms with van der Waals surface area (Å²) in [7, 11) is 0. The van der Waals surface area contributed by atoms with Crippen LogP contribution in [0.5, 0.6) is 0 Å². The van der Waals surface area contributed by atoms with Gasteiger partial charge in [-0.2, -0.15) is 10.3 Å². The Morgan fingerprint density at radius 2 is 2.15 bits per heavy atom.